The number of carboxylic acids is 1. The van der Waals surface area contributed by atoms with Crippen LogP contribution in [0.2, 0.25) is 19.6 Å². The summed E-state index contributed by atoms with van der Waals surface area (Å²) in [5, 5.41) is 19.6. The number of sulfone groups is 1. The number of hydrogen-bond acceptors (Lipinski definition) is 7. The molecular weight excluding hydrogens is 373 g/mol. The number of Topliss-reactive ketones (excluding diaryl/α,β-unsaturated/α-hetero) is 1. The normalized spacial score (nSPS) is 33.3. The molecule has 11 heteroatoms. The third kappa shape index (κ3) is 2.95. The molecule has 8 nitrogen and oxygen atoms in total. The number of ketones is 1. The summed E-state index contributed by atoms with van der Waals surface area (Å²) in [6, 6.07) is 0. The van der Waals surface area contributed by atoms with Crippen LogP contribution in [-0.2, 0) is 26.0 Å². The molecule has 0 bridgehead atoms. The van der Waals surface area contributed by atoms with Crippen LogP contribution in [0.1, 0.15) is 13.3 Å². The number of carboxylic acid groups (broad SMARTS) is 1. The van der Waals surface area contributed by atoms with E-state index in [4.69, 9.17) is 0 Å². The number of carbonyl (C=O) groups is 2. The number of hydrogen-bond donors (Lipinski definition) is 0. The van der Waals surface area contributed by atoms with E-state index in [2.05, 4.69) is 30.0 Å². The van der Waals surface area contributed by atoms with Crippen molar-refractivity contribution in [1.82, 2.24) is 15.0 Å². The third-order valence-electron chi connectivity index (χ3n) is 5.28. The fourth-order valence-corrected chi connectivity index (χ4v) is 7.30. The van der Waals surface area contributed by atoms with Crippen molar-refractivity contribution < 1.29 is 52.7 Å². The minimum absolute atomic E-state index is 0. The largest absolute Gasteiger partial charge is 1.00 e. The predicted molar refractivity (Wildman–Crippen MR) is 85.7 cm³/mol. The molecule has 132 valence electrons. The van der Waals surface area contributed by atoms with Gasteiger partial charge in [0.25, 0.3) is 0 Å². The Bertz CT molecular complexity index is 834. The van der Waals surface area contributed by atoms with Crippen molar-refractivity contribution in [1.29, 1.82) is 0 Å². The van der Waals surface area contributed by atoms with Crippen LogP contribution in [0.3, 0.4) is 0 Å². The van der Waals surface area contributed by atoms with Crippen LogP contribution < -0.4 is 40.0 Å². The van der Waals surface area contributed by atoms with Crippen molar-refractivity contribution in [2.75, 3.05) is 0 Å². The van der Waals surface area contributed by atoms with E-state index in [0.717, 1.165) is 5.32 Å². The van der Waals surface area contributed by atoms with Gasteiger partial charge in [-0.3, -0.25) is 9.48 Å². The predicted octanol–water partition coefficient (Wildman–Crippen LogP) is -4.66. The van der Waals surface area contributed by atoms with Gasteiger partial charge in [0.1, 0.15) is 13.9 Å². The van der Waals surface area contributed by atoms with E-state index in [-0.39, 0.29) is 48.3 Å². The first kappa shape index (κ1) is 20.8. The minimum Gasteiger partial charge on any atom is -0.550 e. The van der Waals surface area contributed by atoms with Crippen LogP contribution in [0.4, 0.5) is 0 Å². The Hall–Kier alpha value is -0.553. The van der Waals surface area contributed by atoms with E-state index in [9.17, 15) is 23.1 Å². The van der Waals surface area contributed by atoms with Crippen molar-refractivity contribution in [3.05, 3.63) is 6.20 Å². The van der Waals surface area contributed by atoms with Gasteiger partial charge >= 0.3 is 29.6 Å². The summed E-state index contributed by atoms with van der Waals surface area (Å²) in [4.78, 5) is 23.4. The van der Waals surface area contributed by atoms with Gasteiger partial charge < -0.3 is 9.90 Å². The maximum Gasteiger partial charge on any atom is 1.00 e. The van der Waals surface area contributed by atoms with Gasteiger partial charge in [-0.2, -0.15) is 0 Å². The Balaban J connectivity index is 0.00000225. The number of rotatable bonds is 4. The summed E-state index contributed by atoms with van der Waals surface area (Å²) >= 11 is 0. The van der Waals surface area contributed by atoms with E-state index in [1.807, 2.05) is 0 Å². The molecule has 1 aliphatic carbocycles. The van der Waals surface area contributed by atoms with Crippen molar-refractivity contribution in [3.8, 4) is 0 Å². The molecule has 2 unspecified atom stereocenters. The average Bonchev–Trinajstić information content (AvgIpc) is 2.93. The molecule has 25 heavy (non-hydrogen) atoms. The van der Waals surface area contributed by atoms with E-state index in [1.165, 1.54) is 11.6 Å². The van der Waals surface area contributed by atoms with E-state index < -0.39 is 45.7 Å². The second-order valence-corrected chi connectivity index (χ2v) is 15.6. The topological polar surface area (TPSA) is 122 Å². The van der Waals surface area contributed by atoms with E-state index >= 15 is 0 Å². The van der Waals surface area contributed by atoms with Gasteiger partial charge in [0.15, 0.2) is 9.84 Å². The molecule has 0 spiro atoms. The van der Waals surface area contributed by atoms with Gasteiger partial charge in [-0.1, -0.05) is 24.9 Å². The van der Waals surface area contributed by atoms with Crippen molar-refractivity contribution in [3.63, 3.8) is 0 Å². The first-order valence-electron chi connectivity index (χ1n) is 7.77. The molecule has 2 aliphatic rings. The van der Waals surface area contributed by atoms with Gasteiger partial charge in [-0.15, -0.1) is 5.10 Å². The van der Waals surface area contributed by atoms with Crippen molar-refractivity contribution >= 4 is 35.0 Å². The molecular formula is C14H20N3NaO5SSi. The Labute approximate surface area is 169 Å². The van der Waals surface area contributed by atoms with Gasteiger partial charge in [0, 0.05) is 30.4 Å². The molecule has 1 saturated heterocycles. The monoisotopic (exact) mass is 393 g/mol. The zero-order chi connectivity index (χ0) is 18.1. The van der Waals surface area contributed by atoms with Crippen LogP contribution in [-0.4, -0.2) is 53.2 Å². The molecule has 1 saturated carbocycles. The van der Waals surface area contributed by atoms with Gasteiger partial charge in [-0.25, -0.2) is 8.42 Å². The summed E-state index contributed by atoms with van der Waals surface area (Å²) in [6.45, 7) is 7.48. The molecule has 0 radical (unpaired) electrons. The van der Waals surface area contributed by atoms with Gasteiger partial charge in [0.05, 0.1) is 21.9 Å². The number of aromatic nitrogens is 3. The third-order valence-corrected chi connectivity index (χ3v) is 9.98. The van der Waals surface area contributed by atoms with Crippen LogP contribution in [0.15, 0.2) is 6.20 Å². The van der Waals surface area contributed by atoms with Crippen LogP contribution >= 0.6 is 0 Å². The Kier molecular flexibility index (Phi) is 5.20. The molecule has 0 amide bonds. The Morgan fingerprint density at radius 1 is 1.44 bits per heavy atom. The smallest absolute Gasteiger partial charge is 0.550 e. The standard InChI is InChI=1S/C14H21N3O5SSi.Na/c1-14(7-17-6-10(15-16-17)24(2,3)4)12(13(19)20)11-8(18)5-9(11)23(14,21)22;/h6,9,11-12H,5,7H2,1-4H3,(H,19,20);/q;+1/p-1/t9?,11?,12-,14-;/m0./s1. The zero-order valence-electron chi connectivity index (χ0n) is 15.0. The first-order chi connectivity index (χ1) is 10.9. The average molecular weight is 393 g/mol. The molecule has 4 atom stereocenters. The second-order valence-electron chi connectivity index (χ2n) is 7.94. The number of fused-ring (bicyclic) bond motifs is 1. The molecule has 1 aromatic rings. The minimum atomic E-state index is -3.80. The van der Waals surface area contributed by atoms with Crippen molar-refractivity contribution in [2.24, 2.45) is 11.8 Å². The summed E-state index contributed by atoms with van der Waals surface area (Å²) < 4.78 is 25.5. The molecule has 1 aromatic heterocycles. The Morgan fingerprint density at radius 3 is 2.48 bits per heavy atom. The summed E-state index contributed by atoms with van der Waals surface area (Å²) in [7, 11) is -5.52. The number of nitrogens with zero attached hydrogens (tertiary/aromatic N) is 3. The van der Waals surface area contributed by atoms with Crippen LogP contribution in [0.25, 0.3) is 0 Å². The van der Waals surface area contributed by atoms with E-state index in [1.54, 1.807) is 6.20 Å². The number of carbonyl (C=O) groups excluding carboxylic acids is 2. The molecule has 1 aliphatic heterocycles. The molecule has 2 heterocycles. The summed E-state index contributed by atoms with van der Waals surface area (Å²) in [5.41, 5.74) is 0. The fraction of sp³-hybridized carbons (Fsp3) is 0.714. The molecule has 2 fully saturated rings. The van der Waals surface area contributed by atoms with Gasteiger partial charge in [-0.05, 0) is 6.92 Å². The molecule has 0 aromatic carbocycles. The van der Waals surface area contributed by atoms with E-state index in [0.29, 0.717) is 0 Å². The molecule has 3 rings (SSSR count). The zero-order valence-corrected chi connectivity index (χ0v) is 18.8. The summed E-state index contributed by atoms with van der Waals surface area (Å²) in [5.74, 6) is -4.16. The fourth-order valence-electron chi connectivity index (χ4n) is 3.74. The second kappa shape index (κ2) is 6.26. The quantitative estimate of drug-likeness (QED) is 0.471. The molecule has 0 N–H and O–H groups in total. The van der Waals surface area contributed by atoms with Crippen LogP contribution in [0, 0.1) is 11.8 Å². The maximum atomic E-state index is 12.8. The Morgan fingerprint density at radius 2 is 2.04 bits per heavy atom. The van der Waals surface area contributed by atoms with Crippen LogP contribution in [0.5, 0.6) is 0 Å². The number of aliphatic carboxylic acids is 1. The van der Waals surface area contributed by atoms with Gasteiger partial charge in [0.2, 0.25) is 0 Å². The maximum absolute atomic E-state index is 12.8. The summed E-state index contributed by atoms with van der Waals surface area (Å²) in [6.07, 6.45) is 1.57. The SMILES string of the molecule is C[C@]1(Cn2cc([Si](C)(C)C)nn2)[C@H](C(=O)[O-])C2C(=O)CC2S1(=O)=O.[Na+]. The van der Waals surface area contributed by atoms with Crippen molar-refractivity contribution in [2.45, 2.75) is 49.5 Å². The first-order valence-corrected chi connectivity index (χ1v) is 12.8.